The molecule has 0 unspecified atom stereocenters. The number of nitriles is 1. The first-order chi connectivity index (χ1) is 14.7. The van der Waals surface area contributed by atoms with E-state index in [0.717, 1.165) is 12.8 Å². The largest absolute Gasteiger partial charge is 0.444 e. The third-order valence-electron chi connectivity index (χ3n) is 4.97. The first kappa shape index (κ1) is 19.4. The van der Waals surface area contributed by atoms with Crippen molar-refractivity contribution >= 4 is 11.9 Å². The number of nitrogens with zero attached hydrogens (tertiary/aromatic N) is 1. The summed E-state index contributed by atoms with van der Waals surface area (Å²) in [5, 5.41) is 12.4. The van der Waals surface area contributed by atoms with Gasteiger partial charge >= 0.3 is 5.97 Å². The average Bonchev–Trinajstić information content (AvgIpc) is 3.61. The number of hydrogen-bond donors (Lipinski definition) is 1. The lowest BCUT2D eigenvalue weighted by atomic mass is 9.96. The summed E-state index contributed by atoms with van der Waals surface area (Å²) in [5.41, 5.74) is 2.61. The second-order valence-electron chi connectivity index (χ2n) is 7.18. The van der Waals surface area contributed by atoms with Crippen LogP contribution < -0.4 is 5.32 Å². The molecule has 3 aromatic carbocycles. The van der Waals surface area contributed by atoms with Crippen molar-refractivity contribution in [3.8, 4) is 17.2 Å². The van der Waals surface area contributed by atoms with E-state index in [1.165, 1.54) is 0 Å². The predicted octanol–water partition coefficient (Wildman–Crippen LogP) is 4.40. The van der Waals surface area contributed by atoms with Crippen molar-refractivity contribution in [2.45, 2.75) is 25.0 Å². The van der Waals surface area contributed by atoms with Gasteiger partial charge in [0.25, 0.3) is 5.91 Å². The quantitative estimate of drug-likeness (QED) is 0.626. The summed E-state index contributed by atoms with van der Waals surface area (Å²) in [4.78, 5) is 25.9. The number of benzene rings is 3. The van der Waals surface area contributed by atoms with E-state index in [1.807, 2.05) is 12.1 Å². The molecule has 30 heavy (non-hydrogen) atoms. The van der Waals surface area contributed by atoms with Gasteiger partial charge in [-0.05, 0) is 30.5 Å². The van der Waals surface area contributed by atoms with Gasteiger partial charge in [0.05, 0.1) is 17.2 Å². The van der Waals surface area contributed by atoms with Crippen molar-refractivity contribution in [1.82, 2.24) is 5.32 Å². The van der Waals surface area contributed by atoms with Crippen LogP contribution >= 0.6 is 0 Å². The van der Waals surface area contributed by atoms with Crippen molar-refractivity contribution < 1.29 is 14.3 Å². The summed E-state index contributed by atoms with van der Waals surface area (Å²) in [7, 11) is 0. The molecule has 1 fully saturated rings. The van der Waals surface area contributed by atoms with Crippen LogP contribution in [0.15, 0.2) is 78.9 Å². The highest BCUT2D eigenvalue weighted by Crippen LogP contribution is 2.29. The molecule has 0 spiro atoms. The summed E-state index contributed by atoms with van der Waals surface area (Å²) in [5.74, 6) is -0.940. The third kappa shape index (κ3) is 4.23. The zero-order chi connectivity index (χ0) is 20.9. The predicted molar refractivity (Wildman–Crippen MR) is 112 cm³/mol. The molecule has 0 bridgehead atoms. The Morgan fingerprint density at radius 1 is 0.900 bits per heavy atom. The molecule has 1 amide bonds. The van der Waals surface area contributed by atoms with E-state index < -0.39 is 12.1 Å². The SMILES string of the molecule is N#Cc1ccccc1-c1ccccc1C(=O)O[C@@H](C(=O)NC1CC1)c1ccccc1. The molecule has 148 valence electrons. The highest BCUT2D eigenvalue weighted by atomic mass is 16.5. The molecule has 1 aliphatic rings. The van der Waals surface area contributed by atoms with Crippen LogP contribution in [0.3, 0.4) is 0 Å². The summed E-state index contributed by atoms with van der Waals surface area (Å²) in [6, 6.07) is 25.3. The lowest BCUT2D eigenvalue weighted by Gasteiger charge is -2.19. The summed E-state index contributed by atoms with van der Waals surface area (Å²) >= 11 is 0. The fourth-order valence-electron chi connectivity index (χ4n) is 3.29. The number of carbonyl (C=O) groups excluding carboxylic acids is 2. The Bertz CT molecular complexity index is 1110. The minimum Gasteiger partial charge on any atom is -0.444 e. The lowest BCUT2D eigenvalue weighted by molar-refractivity contribution is -0.130. The van der Waals surface area contributed by atoms with Crippen molar-refractivity contribution in [3.63, 3.8) is 0 Å². The van der Waals surface area contributed by atoms with Crippen molar-refractivity contribution in [3.05, 3.63) is 95.6 Å². The zero-order valence-corrected chi connectivity index (χ0v) is 16.2. The maximum atomic E-state index is 13.1. The highest BCUT2D eigenvalue weighted by molar-refractivity contribution is 5.99. The minimum atomic E-state index is -1.04. The second-order valence-corrected chi connectivity index (χ2v) is 7.18. The standard InChI is InChI=1S/C25H20N2O3/c26-16-18-10-4-5-11-20(18)21-12-6-7-13-22(21)25(29)30-23(17-8-2-1-3-9-17)24(28)27-19-14-15-19/h1-13,19,23H,14-15H2,(H,27,28)/t23-/m1/s1. The van der Waals surface area contributed by atoms with Crippen molar-refractivity contribution in [2.24, 2.45) is 0 Å². The maximum absolute atomic E-state index is 13.1. The Balaban J connectivity index is 1.67. The molecule has 0 saturated heterocycles. The van der Waals surface area contributed by atoms with Crippen LogP contribution in [0.4, 0.5) is 0 Å². The summed E-state index contributed by atoms with van der Waals surface area (Å²) in [6.07, 6.45) is 0.836. The highest BCUT2D eigenvalue weighted by Gasteiger charge is 2.31. The Hall–Kier alpha value is -3.91. The molecule has 1 aliphatic carbocycles. The van der Waals surface area contributed by atoms with Gasteiger partial charge in [-0.1, -0.05) is 66.7 Å². The smallest absolute Gasteiger partial charge is 0.339 e. The molecule has 1 saturated carbocycles. The Morgan fingerprint density at radius 3 is 2.23 bits per heavy atom. The molecule has 0 aromatic heterocycles. The fraction of sp³-hybridized carbons (Fsp3) is 0.160. The van der Waals surface area contributed by atoms with E-state index in [4.69, 9.17) is 4.74 Å². The number of amides is 1. The molecular formula is C25H20N2O3. The van der Waals surface area contributed by atoms with Gasteiger partial charge in [0.1, 0.15) is 0 Å². The molecule has 5 nitrogen and oxygen atoms in total. The average molecular weight is 396 g/mol. The first-order valence-electron chi connectivity index (χ1n) is 9.82. The van der Waals surface area contributed by atoms with Gasteiger partial charge in [0, 0.05) is 17.2 Å². The van der Waals surface area contributed by atoms with Crippen LogP contribution in [-0.4, -0.2) is 17.9 Å². The van der Waals surface area contributed by atoms with E-state index in [2.05, 4.69) is 11.4 Å². The van der Waals surface area contributed by atoms with Crippen LogP contribution in [0.5, 0.6) is 0 Å². The number of esters is 1. The van der Waals surface area contributed by atoms with Crippen LogP contribution in [-0.2, 0) is 9.53 Å². The molecule has 0 heterocycles. The number of hydrogen-bond acceptors (Lipinski definition) is 4. The van der Waals surface area contributed by atoms with E-state index in [9.17, 15) is 14.9 Å². The van der Waals surface area contributed by atoms with Crippen LogP contribution in [0.1, 0.15) is 40.4 Å². The van der Waals surface area contributed by atoms with Gasteiger partial charge in [-0.15, -0.1) is 0 Å². The summed E-state index contributed by atoms with van der Waals surface area (Å²) in [6.45, 7) is 0. The van der Waals surface area contributed by atoms with E-state index in [1.54, 1.807) is 66.7 Å². The second kappa shape index (κ2) is 8.62. The Morgan fingerprint density at radius 2 is 1.53 bits per heavy atom. The van der Waals surface area contributed by atoms with Crippen molar-refractivity contribution in [1.29, 1.82) is 5.26 Å². The van der Waals surface area contributed by atoms with E-state index in [-0.39, 0.29) is 11.9 Å². The van der Waals surface area contributed by atoms with Gasteiger partial charge in [-0.25, -0.2) is 4.79 Å². The Kier molecular flexibility index (Phi) is 5.58. The van der Waals surface area contributed by atoms with Gasteiger partial charge < -0.3 is 10.1 Å². The molecule has 0 radical (unpaired) electrons. The third-order valence-corrected chi connectivity index (χ3v) is 4.97. The number of nitrogens with one attached hydrogen (secondary N) is 1. The normalized spacial score (nSPS) is 13.7. The van der Waals surface area contributed by atoms with E-state index >= 15 is 0 Å². The zero-order valence-electron chi connectivity index (χ0n) is 16.2. The van der Waals surface area contributed by atoms with Gasteiger partial charge in [-0.3, -0.25) is 4.79 Å². The molecule has 1 N–H and O–H groups in total. The number of rotatable bonds is 6. The van der Waals surface area contributed by atoms with Gasteiger partial charge in [-0.2, -0.15) is 5.26 Å². The molecule has 5 heteroatoms. The van der Waals surface area contributed by atoms with Crippen LogP contribution in [0, 0.1) is 11.3 Å². The Labute approximate surface area is 174 Å². The van der Waals surface area contributed by atoms with Crippen molar-refractivity contribution in [2.75, 3.05) is 0 Å². The topological polar surface area (TPSA) is 79.2 Å². The minimum absolute atomic E-state index is 0.150. The van der Waals surface area contributed by atoms with Gasteiger partial charge in [0.2, 0.25) is 6.10 Å². The molecule has 1 atom stereocenters. The maximum Gasteiger partial charge on any atom is 0.339 e. The molecular weight excluding hydrogens is 376 g/mol. The van der Waals surface area contributed by atoms with Gasteiger partial charge in [0.15, 0.2) is 0 Å². The molecule has 4 rings (SSSR count). The lowest BCUT2D eigenvalue weighted by Crippen LogP contribution is -2.33. The fourth-order valence-corrected chi connectivity index (χ4v) is 3.29. The number of ether oxygens (including phenoxy) is 1. The molecule has 3 aromatic rings. The first-order valence-corrected chi connectivity index (χ1v) is 9.82. The van der Waals surface area contributed by atoms with Crippen LogP contribution in [0.25, 0.3) is 11.1 Å². The van der Waals surface area contributed by atoms with Crippen LogP contribution in [0.2, 0.25) is 0 Å². The summed E-state index contributed by atoms with van der Waals surface area (Å²) < 4.78 is 5.71. The van der Waals surface area contributed by atoms with E-state index in [0.29, 0.717) is 27.8 Å². The monoisotopic (exact) mass is 396 g/mol. The molecule has 0 aliphatic heterocycles. The number of carbonyl (C=O) groups is 2.